The van der Waals surface area contributed by atoms with Gasteiger partial charge in [0, 0.05) is 51.6 Å². The molecule has 0 saturated carbocycles. The number of hydrogen-bond donors (Lipinski definition) is 1. The summed E-state index contributed by atoms with van der Waals surface area (Å²) < 4.78 is 0. The van der Waals surface area contributed by atoms with Crippen molar-refractivity contribution in [1.29, 1.82) is 0 Å². The smallest absolute Gasteiger partial charge is 0.228 e. The second-order valence-corrected chi connectivity index (χ2v) is 9.23. The first-order valence-corrected chi connectivity index (χ1v) is 11.8. The van der Waals surface area contributed by atoms with E-state index in [4.69, 9.17) is 0 Å². The van der Waals surface area contributed by atoms with Crippen LogP contribution in [0.3, 0.4) is 0 Å². The molecule has 0 radical (unpaired) electrons. The Kier molecular flexibility index (Phi) is 7.14. The number of nitrogens with zero attached hydrogens (tertiary/aromatic N) is 5. The molecule has 1 aromatic heterocycles. The van der Waals surface area contributed by atoms with E-state index in [-0.39, 0.29) is 17.7 Å². The number of nitrogens with one attached hydrogen (secondary N) is 1. The average molecular weight is 443 g/mol. The van der Waals surface area contributed by atoms with Gasteiger partial charge in [0.1, 0.15) is 0 Å². The van der Waals surface area contributed by atoms with Crippen LogP contribution in [0.4, 0.5) is 10.3 Å². The van der Waals surface area contributed by atoms with E-state index in [1.54, 1.807) is 4.90 Å². The summed E-state index contributed by atoms with van der Waals surface area (Å²) in [6.45, 7) is 4.66. The Morgan fingerprint density at radius 1 is 1.16 bits per heavy atom. The van der Waals surface area contributed by atoms with Crippen LogP contribution in [-0.4, -0.2) is 66.7 Å². The standard InChI is InChI=1S/C22H30N6O2S/c1-26(16-17-6-3-2-4-7-17)15-11-23-20(30)18-9-13-27(14-10-18)21-24-25-22(31-21)28-12-5-8-19(28)29/h2-4,6-7,18H,5,8-16H2,1H3,(H,23,30). The molecule has 0 atom stereocenters. The van der Waals surface area contributed by atoms with E-state index in [1.807, 2.05) is 18.2 Å². The van der Waals surface area contributed by atoms with Crippen LogP contribution in [0, 0.1) is 5.92 Å². The fraction of sp³-hybridized carbons (Fsp3) is 0.545. The van der Waals surface area contributed by atoms with Gasteiger partial charge in [-0.2, -0.15) is 0 Å². The molecular weight excluding hydrogens is 412 g/mol. The molecule has 0 bridgehead atoms. The van der Waals surface area contributed by atoms with Crippen LogP contribution in [-0.2, 0) is 16.1 Å². The van der Waals surface area contributed by atoms with Gasteiger partial charge in [-0.1, -0.05) is 41.7 Å². The van der Waals surface area contributed by atoms with Crippen molar-refractivity contribution in [3.8, 4) is 0 Å². The monoisotopic (exact) mass is 442 g/mol. The zero-order valence-corrected chi connectivity index (χ0v) is 18.8. The Bertz CT molecular complexity index is 881. The molecule has 31 heavy (non-hydrogen) atoms. The molecule has 166 valence electrons. The van der Waals surface area contributed by atoms with Crippen LogP contribution in [0.1, 0.15) is 31.2 Å². The van der Waals surface area contributed by atoms with Crippen LogP contribution < -0.4 is 15.1 Å². The summed E-state index contributed by atoms with van der Waals surface area (Å²) in [7, 11) is 2.07. The fourth-order valence-corrected chi connectivity index (χ4v) is 5.06. The summed E-state index contributed by atoms with van der Waals surface area (Å²) in [6, 6.07) is 10.4. The minimum Gasteiger partial charge on any atom is -0.355 e. The number of piperidine rings is 1. The minimum atomic E-state index is 0.0447. The van der Waals surface area contributed by atoms with Crippen LogP contribution >= 0.6 is 11.3 Å². The van der Waals surface area contributed by atoms with Gasteiger partial charge in [0.15, 0.2) is 0 Å². The first-order chi connectivity index (χ1) is 15.1. The summed E-state index contributed by atoms with van der Waals surface area (Å²) in [5, 5.41) is 13.1. The van der Waals surface area contributed by atoms with Gasteiger partial charge < -0.3 is 15.1 Å². The molecule has 2 saturated heterocycles. The van der Waals surface area contributed by atoms with Crippen molar-refractivity contribution < 1.29 is 9.59 Å². The third-order valence-corrected chi connectivity index (χ3v) is 6.94. The van der Waals surface area contributed by atoms with Crippen molar-refractivity contribution in [1.82, 2.24) is 20.4 Å². The highest BCUT2D eigenvalue weighted by Crippen LogP contribution is 2.32. The number of carbonyl (C=O) groups is 2. The highest BCUT2D eigenvalue weighted by molar-refractivity contribution is 7.19. The molecule has 4 rings (SSSR count). The second kappa shape index (κ2) is 10.2. The molecule has 2 aliphatic heterocycles. The van der Waals surface area contributed by atoms with Crippen LogP contribution in [0.15, 0.2) is 30.3 Å². The summed E-state index contributed by atoms with van der Waals surface area (Å²) in [5.74, 6) is 0.323. The van der Waals surface area contributed by atoms with E-state index in [0.717, 1.165) is 57.1 Å². The number of rotatable bonds is 8. The molecule has 8 nitrogen and oxygen atoms in total. The molecule has 1 N–H and O–H groups in total. The molecule has 3 heterocycles. The van der Waals surface area contributed by atoms with Crippen molar-refractivity contribution in [2.24, 2.45) is 5.92 Å². The normalized spacial score (nSPS) is 17.5. The van der Waals surface area contributed by atoms with E-state index < -0.39 is 0 Å². The third-order valence-electron chi connectivity index (χ3n) is 5.93. The molecule has 0 unspecified atom stereocenters. The number of hydrogen-bond acceptors (Lipinski definition) is 7. The van der Waals surface area contributed by atoms with Crippen molar-refractivity contribution in [3.63, 3.8) is 0 Å². The molecule has 2 aromatic rings. The van der Waals surface area contributed by atoms with E-state index in [9.17, 15) is 9.59 Å². The number of anilines is 2. The number of amides is 2. The Balaban J connectivity index is 1.18. The van der Waals surface area contributed by atoms with Gasteiger partial charge in [-0.3, -0.25) is 14.5 Å². The van der Waals surface area contributed by atoms with Crippen molar-refractivity contribution in [2.75, 3.05) is 49.6 Å². The zero-order valence-electron chi connectivity index (χ0n) is 18.0. The summed E-state index contributed by atoms with van der Waals surface area (Å²) in [4.78, 5) is 30.6. The number of aromatic nitrogens is 2. The molecule has 1 aromatic carbocycles. The largest absolute Gasteiger partial charge is 0.355 e. The third kappa shape index (κ3) is 5.59. The van der Waals surface area contributed by atoms with Gasteiger partial charge >= 0.3 is 0 Å². The van der Waals surface area contributed by atoms with E-state index >= 15 is 0 Å². The first kappa shape index (κ1) is 21.7. The molecule has 2 aliphatic rings. The Labute approximate surface area is 187 Å². The highest BCUT2D eigenvalue weighted by Gasteiger charge is 2.29. The van der Waals surface area contributed by atoms with E-state index in [2.05, 4.69) is 44.5 Å². The lowest BCUT2D eigenvalue weighted by Crippen LogP contribution is -2.42. The van der Waals surface area contributed by atoms with E-state index in [1.165, 1.54) is 16.9 Å². The Hall–Kier alpha value is -2.52. The molecule has 0 spiro atoms. The number of likely N-dealkylation sites (N-methyl/N-ethyl adjacent to an activating group) is 1. The lowest BCUT2D eigenvalue weighted by atomic mass is 9.96. The van der Waals surface area contributed by atoms with Gasteiger partial charge in [-0.15, -0.1) is 10.2 Å². The van der Waals surface area contributed by atoms with Crippen molar-refractivity contribution >= 4 is 33.4 Å². The Morgan fingerprint density at radius 3 is 2.61 bits per heavy atom. The van der Waals surface area contributed by atoms with Crippen LogP contribution in [0.5, 0.6) is 0 Å². The van der Waals surface area contributed by atoms with Gasteiger partial charge in [-0.25, -0.2) is 0 Å². The first-order valence-electron chi connectivity index (χ1n) is 11.0. The average Bonchev–Trinajstić information content (AvgIpc) is 3.43. The SMILES string of the molecule is CN(CCNC(=O)C1CCN(c2nnc(N3CCCC3=O)s2)CC1)Cc1ccccc1. The van der Waals surface area contributed by atoms with Gasteiger partial charge in [-0.05, 0) is 31.9 Å². The van der Waals surface area contributed by atoms with Crippen molar-refractivity contribution in [3.05, 3.63) is 35.9 Å². The van der Waals surface area contributed by atoms with Crippen LogP contribution in [0.2, 0.25) is 0 Å². The number of benzene rings is 1. The maximum atomic E-state index is 12.6. The van der Waals surface area contributed by atoms with Gasteiger partial charge in [0.2, 0.25) is 22.1 Å². The second-order valence-electron chi connectivity index (χ2n) is 8.29. The predicted octanol–water partition coefficient (Wildman–Crippen LogP) is 2.13. The highest BCUT2D eigenvalue weighted by atomic mass is 32.1. The maximum Gasteiger partial charge on any atom is 0.228 e. The maximum absolute atomic E-state index is 12.6. The molecule has 0 aliphatic carbocycles. The number of carbonyl (C=O) groups excluding carboxylic acids is 2. The quantitative estimate of drug-likeness (QED) is 0.675. The van der Waals surface area contributed by atoms with Crippen LogP contribution in [0.25, 0.3) is 0 Å². The minimum absolute atomic E-state index is 0.0447. The fourth-order valence-electron chi connectivity index (χ4n) is 4.12. The Morgan fingerprint density at radius 2 is 1.90 bits per heavy atom. The summed E-state index contributed by atoms with van der Waals surface area (Å²) in [5.41, 5.74) is 1.28. The van der Waals surface area contributed by atoms with Gasteiger partial charge in [0.05, 0.1) is 0 Å². The molecular formula is C22H30N6O2S. The van der Waals surface area contributed by atoms with Gasteiger partial charge in [0.25, 0.3) is 0 Å². The summed E-state index contributed by atoms with van der Waals surface area (Å²) >= 11 is 1.47. The van der Waals surface area contributed by atoms with E-state index in [0.29, 0.717) is 18.1 Å². The lowest BCUT2D eigenvalue weighted by molar-refractivity contribution is -0.125. The zero-order chi connectivity index (χ0) is 21.6. The topological polar surface area (TPSA) is 81.7 Å². The molecule has 9 heteroatoms. The lowest BCUT2D eigenvalue weighted by Gasteiger charge is -2.30. The molecule has 2 amide bonds. The van der Waals surface area contributed by atoms with Crippen molar-refractivity contribution in [2.45, 2.75) is 32.2 Å². The predicted molar refractivity (Wildman–Crippen MR) is 122 cm³/mol. The molecule has 2 fully saturated rings. The summed E-state index contributed by atoms with van der Waals surface area (Å²) in [6.07, 6.45) is 3.10.